The number of aryl methyl sites for hydroxylation is 2. The van der Waals surface area contributed by atoms with E-state index in [0.29, 0.717) is 0 Å². The maximum Gasteiger partial charge on any atom is 0.0958 e. The Kier molecular flexibility index (Phi) is 4.29. The van der Waals surface area contributed by atoms with E-state index in [2.05, 4.69) is 47.8 Å². The minimum Gasteiger partial charge on any atom is -0.329 e. The zero-order chi connectivity index (χ0) is 14.8. The van der Waals surface area contributed by atoms with E-state index in [1.54, 1.807) is 0 Å². The molecule has 0 aliphatic heterocycles. The molecule has 2 aromatic rings. The molecule has 3 rings (SSSR count). The summed E-state index contributed by atoms with van der Waals surface area (Å²) in [6, 6.07) is 5.18. The summed E-state index contributed by atoms with van der Waals surface area (Å²) in [4.78, 5) is 4.53. The van der Waals surface area contributed by atoms with Crippen LogP contribution < -0.4 is 5.32 Å². The Bertz CT molecular complexity index is 606. The number of hydrogen-bond acceptors (Lipinski definition) is 2. The molecule has 1 aromatic heterocycles. The molecular weight excluding hydrogens is 258 g/mol. The number of aromatic nitrogens is 2. The Labute approximate surface area is 127 Å². The predicted octanol–water partition coefficient (Wildman–Crippen LogP) is 3.82. The fourth-order valence-corrected chi connectivity index (χ4v) is 3.34. The minimum absolute atomic E-state index is 0.722. The summed E-state index contributed by atoms with van der Waals surface area (Å²) in [5.41, 5.74) is 5.04. The minimum atomic E-state index is 0.722. The molecule has 0 unspecified atom stereocenters. The van der Waals surface area contributed by atoms with E-state index in [1.807, 2.05) is 6.33 Å². The number of hydrogen-bond donors (Lipinski definition) is 1. The Morgan fingerprint density at radius 2 is 1.86 bits per heavy atom. The van der Waals surface area contributed by atoms with Crippen LogP contribution >= 0.6 is 0 Å². The van der Waals surface area contributed by atoms with Crippen LogP contribution in [0, 0.1) is 19.8 Å². The summed E-state index contributed by atoms with van der Waals surface area (Å²) < 4.78 is 2.28. The third-order valence-electron chi connectivity index (χ3n) is 5.04. The van der Waals surface area contributed by atoms with Crippen molar-refractivity contribution in [3.63, 3.8) is 0 Å². The van der Waals surface area contributed by atoms with Crippen LogP contribution in [0.2, 0.25) is 0 Å². The van der Waals surface area contributed by atoms with Crippen LogP contribution in [-0.2, 0) is 6.54 Å². The van der Waals surface area contributed by atoms with Crippen LogP contribution in [0.4, 0.5) is 0 Å². The highest BCUT2D eigenvalue weighted by Crippen LogP contribution is 2.23. The first-order valence-corrected chi connectivity index (χ1v) is 8.29. The monoisotopic (exact) mass is 285 g/mol. The molecule has 1 saturated carbocycles. The largest absolute Gasteiger partial charge is 0.329 e. The van der Waals surface area contributed by atoms with E-state index < -0.39 is 0 Å². The van der Waals surface area contributed by atoms with Crippen molar-refractivity contribution in [3.8, 4) is 0 Å². The summed E-state index contributed by atoms with van der Waals surface area (Å²) >= 11 is 0. The summed E-state index contributed by atoms with van der Waals surface area (Å²) in [6.07, 6.45) is 7.41. The van der Waals surface area contributed by atoms with Gasteiger partial charge in [0, 0.05) is 19.1 Å². The van der Waals surface area contributed by atoms with Gasteiger partial charge >= 0.3 is 0 Å². The van der Waals surface area contributed by atoms with Crippen molar-refractivity contribution in [1.82, 2.24) is 14.9 Å². The lowest BCUT2D eigenvalue weighted by atomic mass is 9.87. The summed E-state index contributed by atoms with van der Waals surface area (Å²) in [5.74, 6) is 0.923. The van der Waals surface area contributed by atoms with Gasteiger partial charge in [0.2, 0.25) is 0 Å². The van der Waals surface area contributed by atoms with E-state index in [4.69, 9.17) is 0 Å². The maximum atomic E-state index is 4.53. The highest BCUT2D eigenvalue weighted by atomic mass is 15.1. The summed E-state index contributed by atoms with van der Waals surface area (Å²) in [6.45, 7) is 8.74. The van der Waals surface area contributed by atoms with Crippen molar-refractivity contribution in [2.45, 2.75) is 59.0 Å². The van der Waals surface area contributed by atoms with Crippen LogP contribution in [-0.4, -0.2) is 22.1 Å². The standard InChI is InChI=1S/C18H27N3/c1-13-4-6-16(7-5-13)19-8-9-21-12-20-17-10-14(2)15(3)11-18(17)21/h10-13,16,19H,4-9H2,1-3H3. The van der Waals surface area contributed by atoms with Crippen LogP contribution in [0.5, 0.6) is 0 Å². The van der Waals surface area contributed by atoms with Gasteiger partial charge in [0.25, 0.3) is 0 Å². The van der Waals surface area contributed by atoms with Crippen LogP contribution in [0.15, 0.2) is 18.5 Å². The van der Waals surface area contributed by atoms with E-state index in [0.717, 1.165) is 30.6 Å². The Morgan fingerprint density at radius 1 is 1.14 bits per heavy atom. The molecule has 3 nitrogen and oxygen atoms in total. The first kappa shape index (κ1) is 14.6. The summed E-state index contributed by atoms with van der Waals surface area (Å²) in [5, 5.41) is 3.72. The van der Waals surface area contributed by atoms with Crippen LogP contribution in [0.1, 0.15) is 43.7 Å². The lowest BCUT2D eigenvalue weighted by Crippen LogP contribution is -2.34. The van der Waals surface area contributed by atoms with Gasteiger partial charge in [-0.25, -0.2) is 4.98 Å². The number of fused-ring (bicyclic) bond motifs is 1. The number of benzene rings is 1. The van der Waals surface area contributed by atoms with Gasteiger partial charge in [-0.05, 0) is 68.7 Å². The molecule has 0 spiro atoms. The molecule has 21 heavy (non-hydrogen) atoms. The van der Waals surface area contributed by atoms with Crippen molar-refractivity contribution in [1.29, 1.82) is 0 Å². The van der Waals surface area contributed by atoms with Crippen molar-refractivity contribution in [2.24, 2.45) is 5.92 Å². The summed E-state index contributed by atoms with van der Waals surface area (Å²) in [7, 11) is 0. The van der Waals surface area contributed by atoms with Gasteiger partial charge < -0.3 is 9.88 Å². The van der Waals surface area contributed by atoms with E-state index in [9.17, 15) is 0 Å². The average Bonchev–Trinajstić information content (AvgIpc) is 2.84. The molecule has 3 heteroatoms. The normalized spacial score (nSPS) is 22.8. The molecule has 0 atom stereocenters. The molecule has 0 amide bonds. The van der Waals surface area contributed by atoms with Crippen molar-refractivity contribution >= 4 is 11.0 Å². The van der Waals surface area contributed by atoms with Crippen molar-refractivity contribution in [2.75, 3.05) is 6.54 Å². The van der Waals surface area contributed by atoms with Gasteiger partial charge in [0.1, 0.15) is 0 Å². The third kappa shape index (κ3) is 3.29. The number of rotatable bonds is 4. The second-order valence-corrected chi connectivity index (χ2v) is 6.77. The molecule has 114 valence electrons. The first-order chi connectivity index (χ1) is 10.1. The second kappa shape index (κ2) is 6.18. The smallest absolute Gasteiger partial charge is 0.0958 e. The van der Waals surface area contributed by atoms with Gasteiger partial charge in [-0.3, -0.25) is 0 Å². The van der Waals surface area contributed by atoms with E-state index >= 15 is 0 Å². The van der Waals surface area contributed by atoms with Crippen molar-refractivity contribution < 1.29 is 0 Å². The van der Waals surface area contributed by atoms with E-state index in [-0.39, 0.29) is 0 Å². The number of nitrogens with zero attached hydrogens (tertiary/aromatic N) is 2. The Hall–Kier alpha value is -1.35. The molecular formula is C18H27N3. The molecule has 1 heterocycles. The lowest BCUT2D eigenvalue weighted by molar-refractivity contribution is 0.305. The Morgan fingerprint density at radius 3 is 2.62 bits per heavy atom. The molecule has 0 radical (unpaired) electrons. The Balaban J connectivity index is 1.59. The first-order valence-electron chi connectivity index (χ1n) is 8.29. The molecule has 1 aliphatic carbocycles. The quantitative estimate of drug-likeness (QED) is 0.925. The van der Waals surface area contributed by atoms with Gasteiger partial charge in [-0.2, -0.15) is 0 Å². The molecule has 1 N–H and O–H groups in total. The average molecular weight is 285 g/mol. The zero-order valence-electron chi connectivity index (χ0n) is 13.5. The second-order valence-electron chi connectivity index (χ2n) is 6.77. The predicted molar refractivity (Wildman–Crippen MR) is 88.6 cm³/mol. The number of imidazole rings is 1. The fraction of sp³-hybridized carbons (Fsp3) is 0.611. The van der Waals surface area contributed by atoms with Gasteiger partial charge in [0.05, 0.1) is 17.4 Å². The van der Waals surface area contributed by atoms with Crippen LogP contribution in [0.3, 0.4) is 0 Å². The topological polar surface area (TPSA) is 29.9 Å². The SMILES string of the molecule is Cc1cc2ncn(CCNC3CCC(C)CC3)c2cc1C. The van der Waals surface area contributed by atoms with Crippen molar-refractivity contribution in [3.05, 3.63) is 29.6 Å². The maximum absolute atomic E-state index is 4.53. The molecule has 0 saturated heterocycles. The fourth-order valence-electron chi connectivity index (χ4n) is 3.34. The highest BCUT2D eigenvalue weighted by Gasteiger charge is 2.17. The zero-order valence-corrected chi connectivity index (χ0v) is 13.5. The van der Waals surface area contributed by atoms with Crippen LogP contribution in [0.25, 0.3) is 11.0 Å². The number of nitrogens with one attached hydrogen (secondary N) is 1. The molecule has 0 bridgehead atoms. The molecule has 1 aromatic carbocycles. The van der Waals surface area contributed by atoms with E-state index in [1.165, 1.54) is 42.3 Å². The van der Waals surface area contributed by atoms with Gasteiger partial charge in [0.15, 0.2) is 0 Å². The molecule has 1 fully saturated rings. The van der Waals surface area contributed by atoms with Gasteiger partial charge in [-0.15, -0.1) is 0 Å². The highest BCUT2D eigenvalue weighted by molar-refractivity contribution is 5.77. The van der Waals surface area contributed by atoms with Gasteiger partial charge in [-0.1, -0.05) is 6.92 Å². The molecule has 1 aliphatic rings. The lowest BCUT2D eigenvalue weighted by Gasteiger charge is -2.27. The third-order valence-corrected chi connectivity index (χ3v) is 5.04.